The molecule has 0 bridgehead atoms. The lowest BCUT2D eigenvalue weighted by Crippen LogP contribution is -2.32. The summed E-state index contributed by atoms with van der Waals surface area (Å²) in [4.78, 5) is 23.6. The topological polar surface area (TPSA) is 129 Å². The van der Waals surface area contributed by atoms with Crippen LogP contribution in [0.3, 0.4) is 0 Å². The Morgan fingerprint density at radius 3 is 2.72 bits per heavy atom. The van der Waals surface area contributed by atoms with Crippen molar-refractivity contribution in [2.24, 2.45) is 0 Å². The summed E-state index contributed by atoms with van der Waals surface area (Å²) in [5.41, 5.74) is -0.585. The lowest BCUT2D eigenvalue weighted by Gasteiger charge is -2.06. The normalized spacial score (nSPS) is 14.2. The van der Waals surface area contributed by atoms with E-state index < -0.39 is 14.9 Å². The van der Waals surface area contributed by atoms with E-state index in [0.29, 0.717) is 5.82 Å². The molecule has 0 radical (unpaired) electrons. The van der Waals surface area contributed by atoms with E-state index in [2.05, 4.69) is 9.82 Å². The summed E-state index contributed by atoms with van der Waals surface area (Å²) in [5.74, 6) is 0.592. The van der Waals surface area contributed by atoms with Crippen molar-refractivity contribution in [1.82, 2.24) is 19.1 Å². The van der Waals surface area contributed by atoms with Crippen molar-refractivity contribution in [2.45, 2.75) is 30.3 Å². The van der Waals surface area contributed by atoms with Gasteiger partial charge in [-0.15, -0.1) is 16.4 Å². The highest BCUT2D eigenvalue weighted by Crippen LogP contribution is 2.37. The van der Waals surface area contributed by atoms with Crippen LogP contribution in [0.4, 0.5) is 5.69 Å². The van der Waals surface area contributed by atoms with E-state index in [9.17, 15) is 23.3 Å². The standard InChI is InChI=1S/C17H17N5O5S2/c23-17-20(19-16(15-5-2-10-28-15)21(17)12-6-7-12)9-8-18-29(26,27)14-4-1-3-13(11-14)22(24)25/h1-5,10-12,18H,6-9H2. The Hall–Kier alpha value is -2.83. The van der Waals surface area contributed by atoms with Gasteiger partial charge in [-0.05, 0) is 30.4 Å². The second kappa shape index (κ2) is 7.54. The van der Waals surface area contributed by atoms with Crippen LogP contribution in [0.5, 0.6) is 0 Å². The minimum Gasteiger partial charge on any atom is -0.271 e. The van der Waals surface area contributed by atoms with Crippen LogP contribution in [0.2, 0.25) is 0 Å². The van der Waals surface area contributed by atoms with Crippen LogP contribution >= 0.6 is 11.3 Å². The lowest BCUT2D eigenvalue weighted by molar-refractivity contribution is -0.385. The fourth-order valence-corrected chi connectivity index (χ4v) is 4.70. The molecule has 0 atom stereocenters. The van der Waals surface area contributed by atoms with Gasteiger partial charge >= 0.3 is 5.69 Å². The maximum absolute atomic E-state index is 12.7. The predicted molar refractivity (Wildman–Crippen MR) is 106 cm³/mol. The van der Waals surface area contributed by atoms with Gasteiger partial charge in [0.2, 0.25) is 10.0 Å². The third-order valence-electron chi connectivity index (χ3n) is 4.48. The Labute approximate surface area is 169 Å². The number of nitro benzene ring substituents is 1. The van der Waals surface area contributed by atoms with E-state index in [1.807, 2.05) is 17.5 Å². The molecule has 0 amide bonds. The van der Waals surface area contributed by atoms with Crippen LogP contribution in [-0.4, -0.2) is 34.2 Å². The maximum atomic E-state index is 12.7. The lowest BCUT2D eigenvalue weighted by atomic mass is 10.3. The molecule has 3 aromatic rings. The van der Waals surface area contributed by atoms with Crippen molar-refractivity contribution in [3.8, 4) is 10.7 Å². The number of hydrogen-bond acceptors (Lipinski definition) is 7. The molecule has 1 saturated carbocycles. The molecule has 2 heterocycles. The van der Waals surface area contributed by atoms with E-state index >= 15 is 0 Å². The Morgan fingerprint density at radius 1 is 1.28 bits per heavy atom. The quantitative estimate of drug-likeness (QED) is 0.425. The fraction of sp³-hybridized carbons (Fsp3) is 0.294. The number of aromatic nitrogens is 3. The van der Waals surface area contributed by atoms with Gasteiger partial charge in [0.1, 0.15) is 0 Å². The number of hydrogen-bond donors (Lipinski definition) is 1. The van der Waals surface area contributed by atoms with E-state index in [-0.39, 0.29) is 35.4 Å². The Morgan fingerprint density at radius 2 is 2.07 bits per heavy atom. The molecule has 2 aromatic heterocycles. The number of non-ortho nitro benzene ring substituents is 1. The van der Waals surface area contributed by atoms with Gasteiger partial charge in [-0.2, -0.15) is 0 Å². The van der Waals surface area contributed by atoms with Crippen molar-refractivity contribution in [2.75, 3.05) is 6.54 Å². The highest BCUT2D eigenvalue weighted by Gasteiger charge is 2.30. The predicted octanol–water partition coefficient (Wildman–Crippen LogP) is 1.99. The van der Waals surface area contributed by atoms with Gasteiger partial charge in [0.25, 0.3) is 5.69 Å². The molecule has 4 rings (SSSR count). The molecule has 1 aromatic carbocycles. The smallest absolute Gasteiger partial charge is 0.271 e. The van der Waals surface area contributed by atoms with Crippen LogP contribution in [0, 0.1) is 10.1 Å². The van der Waals surface area contributed by atoms with Crippen LogP contribution in [0.15, 0.2) is 51.5 Å². The van der Waals surface area contributed by atoms with Crippen molar-refractivity contribution >= 4 is 27.0 Å². The van der Waals surface area contributed by atoms with Gasteiger partial charge in [-0.25, -0.2) is 22.6 Å². The van der Waals surface area contributed by atoms with Crippen molar-refractivity contribution in [3.05, 3.63) is 62.4 Å². The summed E-state index contributed by atoms with van der Waals surface area (Å²) in [5, 5.41) is 17.2. The SMILES string of the molecule is O=c1n(CCNS(=O)(=O)c2cccc([N+](=O)[O-])c2)nc(-c2cccs2)n1C1CC1. The number of thiophene rings is 1. The summed E-state index contributed by atoms with van der Waals surface area (Å²) >= 11 is 1.48. The summed E-state index contributed by atoms with van der Waals surface area (Å²) in [6.07, 6.45) is 1.84. The first-order valence-electron chi connectivity index (χ1n) is 8.84. The second-order valence-corrected chi connectivity index (χ2v) is 9.27. The zero-order chi connectivity index (χ0) is 20.6. The molecule has 152 valence electrons. The molecule has 0 spiro atoms. The van der Waals surface area contributed by atoms with E-state index in [4.69, 9.17) is 0 Å². The van der Waals surface area contributed by atoms with Gasteiger partial charge < -0.3 is 0 Å². The number of rotatable bonds is 8. The molecule has 12 heteroatoms. The van der Waals surface area contributed by atoms with Gasteiger partial charge in [0, 0.05) is 24.7 Å². The largest absolute Gasteiger partial charge is 0.346 e. The average molecular weight is 435 g/mol. The molecule has 0 aliphatic heterocycles. The highest BCUT2D eigenvalue weighted by atomic mass is 32.2. The zero-order valence-corrected chi connectivity index (χ0v) is 16.7. The molecule has 0 saturated heterocycles. The summed E-state index contributed by atoms with van der Waals surface area (Å²) in [6.45, 7) is -0.0262. The minimum absolute atomic E-state index is 0.0467. The highest BCUT2D eigenvalue weighted by molar-refractivity contribution is 7.89. The molecule has 1 aliphatic rings. The minimum atomic E-state index is -3.95. The van der Waals surface area contributed by atoms with Gasteiger partial charge in [0.05, 0.1) is 21.2 Å². The number of sulfonamides is 1. The van der Waals surface area contributed by atoms with Gasteiger partial charge in [-0.1, -0.05) is 12.1 Å². The fourth-order valence-electron chi connectivity index (χ4n) is 2.94. The van der Waals surface area contributed by atoms with Crippen LogP contribution in [0.1, 0.15) is 18.9 Å². The molecule has 29 heavy (non-hydrogen) atoms. The average Bonchev–Trinajstić information content (AvgIpc) is 3.27. The molecule has 10 nitrogen and oxygen atoms in total. The first-order valence-corrected chi connectivity index (χ1v) is 11.2. The Kier molecular flexibility index (Phi) is 5.06. The molecule has 1 N–H and O–H groups in total. The van der Waals surface area contributed by atoms with E-state index in [0.717, 1.165) is 23.8 Å². The molecular weight excluding hydrogens is 418 g/mol. The molecular formula is C17H17N5O5S2. The van der Waals surface area contributed by atoms with E-state index in [1.165, 1.54) is 34.2 Å². The maximum Gasteiger partial charge on any atom is 0.346 e. The first-order chi connectivity index (χ1) is 13.9. The molecule has 1 aliphatic carbocycles. The molecule has 1 fully saturated rings. The number of nitro groups is 1. The van der Waals surface area contributed by atoms with Gasteiger partial charge in [-0.3, -0.25) is 14.7 Å². The first kappa shape index (κ1) is 19.5. The van der Waals surface area contributed by atoms with Crippen LogP contribution in [-0.2, 0) is 16.6 Å². The van der Waals surface area contributed by atoms with E-state index in [1.54, 1.807) is 4.57 Å². The van der Waals surface area contributed by atoms with Crippen LogP contribution < -0.4 is 10.4 Å². The number of nitrogens with zero attached hydrogens (tertiary/aromatic N) is 4. The van der Waals surface area contributed by atoms with Crippen molar-refractivity contribution < 1.29 is 13.3 Å². The second-order valence-electron chi connectivity index (χ2n) is 6.56. The third kappa shape index (κ3) is 3.99. The third-order valence-corrected chi connectivity index (χ3v) is 6.80. The Balaban J connectivity index is 1.51. The van der Waals surface area contributed by atoms with Crippen LogP contribution in [0.25, 0.3) is 10.7 Å². The monoisotopic (exact) mass is 435 g/mol. The molecule has 0 unspecified atom stereocenters. The number of benzene rings is 1. The van der Waals surface area contributed by atoms with Gasteiger partial charge in [0.15, 0.2) is 5.82 Å². The zero-order valence-electron chi connectivity index (χ0n) is 15.1. The van der Waals surface area contributed by atoms with Crippen molar-refractivity contribution in [3.63, 3.8) is 0 Å². The number of nitrogens with one attached hydrogen (secondary N) is 1. The van der Waals surface area contributed by atoms with Crippen molar-refractivity contribution in [1.29, 1.82) is 0 Å². The summed E-state index contributed by atoms with van der Waals surface area (Å²) in [7, 11) is -3.95. The summed E-state index contributed by atoms with van der Waals surface area (Å²) in [6, 6.07) is 8.70. The Bertz CT molecular complexity index is 1210. The summed E-state index contributed by atoms with van der Waals surface area (Å²) < 4.78 is 30.1.